The number of nitrogens with one attached hydrogen (secondary N) is 1. The summed E-state index contributed by atoms with van der Waals surface area (Å²) in [6.07, 6.45) is 3.42. The van der Waals surface area contributed by atoms with E-state index in [4.69, 9.17) is 17.3 Å². The molecule has 0 aromatic carbocycles. The highest BCUT2D eigenvalue weighted by Crippen LogP contribution is 2.19. The molecule has 0 fully saturated rings. The Bertz CT molecular complexity index is 536. The number of rotatable bonds is 3. The molecule has 0 saturated carbocycles. The van der Waals surface area contributed by atoms with Crippen LogP contribution >= 0.6 is 11.6 Å². The lowest BCUT2D eigenvalue weighted by atomic mass is 10.2. The fraction of sp³-hybridized carbons (Fsp3) is 0.300. The lowest BCUT2D eigenvalue weighted by Gasteiger charge is -2.06. The van der Waals surface area contributed by atoms with Gasteiger partial charge >= 0.3 is 0 Å². The molecule has 0 aliphatic rings. The molecular formula is C10H13ClN6. The zero-order chi connectivity index (χ0) is 12.4. The van der Waals surface area contributed by atoms with Gasteiger partial charge in [-0.2, -0.15) is 10.1 Å². The van der Waals surface area contributed by atoms with Crippen LogP contribution in [0, 0.1) is 6.92 Å². The van der Waals surface area contributed by atoms with Crippen LogP contribution in [0.4, 0.5) is 11.8 Å². The summed E-state index contributed by atoms with van der Waals surface area (Å²) in [5.74, 6) is 0.724. The van der Waals surface area contributed by atoms with Crippen molar-refractivity contribution in [2.24, 2.45) is 7.05 Å². The highest BCUT2D eigenvalue weighted by atomic mass is 35.5. The van der Waals surface area contributed by atoms with Crippen LogP contribution in [-0.2, 0) is 13.6 Å². The van der Waals surface area contributed by atoms with Crippen molar-refractivity contribution in [2.75, 3.05) is 11.1 Å². The molecule has 2 heterocycles. The summed E-state index contributed by atoms with van der Waals surface area (Å²) in [6.45, 7) is 2.54. The third kappa shape index (κ3) is 2.65. The van der Waals surface area contributed by atoms with Gasteiger partial charge in [0.15, 0.2) is 5.82 Å². The van der Waals surface area contributed by atoms with Crippen LogP contribution in [0.3, 0.4) is 0 Å². The van der Waals surface area contributed by atoms with E-state index in [1.807, 2.05) is 20.2 Å². The van der Waals surface area contributed by atoms with Gasteiger partial charge in [-0.05, 0) is 6.92 Å². The van der Waals surface area contributed by atoms with E-state index in [0.29, 0.717) is 17.4 Å². The monoisotopic (exact) mass is 252 g/mol. The molecular weight excluding hydrogens is 240 g/mol. The summed E-state index contributed by atoms with van der Waals surface area (Å²) < 4.78 is 1.77. The Morgan fingerprint density at radius 3 is 2.94 bits per heavy atom. The summed E-state index contributed by atoms with van der Waals surface area (Å²) in [7, 11) is 1.88. The van der Waals surface area contributed by atoms with Crippen LogP contribution in [0.1, 0.15) is 11.3 Å². The number of nitrogen functional groups attached to an aromatic ring is 1. The lowest BCUT2D eigenvalue weighted by Crippen LogP contribution is -2.05. The number of nitrogens with zero attached hydrogens (tertiary/aromatic N) is 4. The number of nitrogens with two attached hydrogens (primary N) is 1. The van der Waals surface area contributed by atoms with Crippen LogP contribution in [0.25, 0.3) is 0 Å². The zero-order valence-corrected chi connectivity index (χ0v) is 10.4. The fourth-order valence-corrected chi connectivity index (χ4v) is 1.66. The molecule has 0 aliphatic carbocycles. The van der Waals surface area contributed by atoms with Crippen LogP contribution in [0.15, 0.2) is 12.4 Å². The smallest absolute Gasteiger partial charge is 0.222 e. The predicted molar refractivity (Wildman–Crippen MR) is 66.7 cm³/mol. The van der Waals surface area contributed by atoms with Gasteiger partial charge in [0.2, 0.25) is 5.95 Å². The van der Waals surface area contributed by atoms with E-state index >= 15 is 0 Å². The molecule has 0 amide bonds. The summed E-state index contributed by atoms with van der Waals surface area (Å²) >= 11 is 5.94. The molecule has 0 aliphatic heterocycles. The van der Waals surface area contributed by atoms with Crippen LogP contribution in [0.5, 0.6) is 0 Å². The van der Waals surface area contributed by atoms with E-state index in [0.717, 1.165) is 11.3 Å². The van der Waals surface area contributed by atoms with Crippen molar-refractivity contribution in [3.8, 4) is 0 Å². The van der Waals surface area contributed by atoms with Crippen LogP contribution in [0.2, 0.25) is 5.02 Å². The van der Waals surface area contributed by atoms with Crippen LogP contribution in [-0.4, -0.2) is 19.7 Å². The molecule has 6 nitrogen and oxygen atoms in total. The second kappa shape index (κ2) is 4.58. The third-order valence-electron chi connectivity index (χ3n) is 2.32. The molecule has 17 heavy (non-hydrogen) atoms. The predicted octanol–water partition coefficient (Wildman–Crippen LogP) is 1.37. The first-order chi connectivity index (χ1) is 8.06. The second-order valence-electron chi connectivity index (χ2n) is 3.69. The minimum atomic E-state index is 0.194. The highest BCUT2D eigenvalue weighted by molar-refractivity contribution is 6.32. The number of anilines is 2. The zero-order valence-electron chi connectivity index (χ0n) is 9.61. The Labute approximate surface area is 104 Å². The maximum Gasteiger partial charge on any atom is 0.222 e. The molecule has 0 atom stereocenters. The van der Waals surface area contributed by atoms with Crippen LogP contribution < -0.4 is 11.1 Å². The van der Waals surface area contributed by atoms with E-state index in [-0.39, 0.29) is 5.95 Å². The molecule has 90 valence electrons. The van der Waals surface area contributed by atoms with Crippen molar-refractivity contribution in [2.45, 2.75) is 13.5 Å². The van der Waals surface area contributed by atoms with Crippen molar-refractivity contribution in [1.82, 2.24) is 19.7 Å². The van der Waals surface area contributed by atoms with E-state index in [1.165, 1.54) is 6.20 Å². The summed E-state index contributed by atoms with van der Waals surface area (Å²) in [6, 6.07) is 0. The number of hydrogen-bond donors (Lipinski definition) is 2. The first-order valence-electron chi connectivity index (χ1n) is 5.07. The van der Waals surface area contributed by atoms with Crippen molar-refractivity contribution >= 4 is 23.4 Å². The quantitative estimate of drug-likeness (QED) is 0.862. The molecule has 3 N–H and O–H groups in total. The maximum absolute atomic E-state index is 5.94. The Hall–Kier alpha value is -1.82. The maximum atomic E-state index is 5.94. The molecule has 0 radical (unpaired) electrons. The average Bonchev–Trinajstić information content (AvgIpc) is 2.59. The van der Waals surface area contributed by atoms with E-state index in [2.05, 4.69) is 20.4 Å². The first-order valence-corrected chi connectivity index (χ1v) is 5.45. The molecule has 0 spiro atoms. The minimum absolute atomic E-state index is 0.194. The van der Waals surface area contributed by atoms with Gasteiger partial charge in [-0.3, -0.25) is 4.68 Å². The summed E-state index contributed by atoms with van der Waals surface area (Å²) in [5.41, 5.74) is 7.55. The Kier molecular flexibility index (Phi) is 3.14. The van der Waals surface area contributed by atoms with Crippen molar-refractivity contribution < 1.29 is 0 Å². The summed E-state index contributed by atoms with van der Waals surface area (Å²) in [5, 5.41) is 7.80. The van der Waals surface area contributed by atoms with Crippen molar-refractivity contribution in [1.29, 1.82) is 0 Å². The number of hydrogen-bond acceptors (Lipinski definition) is 5. The first kappa shape index (κ1) is 11.7. The van der Waals surface area contributed by atoms with Crippen molar-refractivity contribution in [3.05, 3.63) is 28.7 Å². The highest BCUT2D eigenvalue weighted by Gasteiger charge is 2.06. The van der Waals surface area contributed by atoms with Gasteiger partial charge in [-0.25, -0.2) is 4.98 Å². The number of aryl methyl sites for hydroxylation is 2. The fourth-order valence-electron chi connectivity index (χ4n) is 1.51. The Balaban J connectivity index is 2.12. The summed E-state index contributed by atoms with van der Waals surface area (Å²) in [4.78, 5) is 7.81. The lowest BCUT2D eigenvalue weighted by molar-refractivity contribution is 0.756. The standard InChI is InChI=1S/C10H13ClN6/c1-6-7(5-17(2)16-6)3-13-9-8(11)4-14-10(12)15-9/h4-5H,3H2,1-2H3,(H3,12,13,14,15). The van der Waals surface area contributed by atoms with Gasteiger partial charge in [0.25, 0.3) is 0 Å². The van der Waals surface area contributed by atoms with Gasteiger partial charge < -0.3 is 11.1 Å². The molecule has 0 unspecified atom stereocenters. The molecule has 2 rings (SSSR count). The van der Waals surface area contributed by atoms with E-state index < -0.39 is 0 Å². The van der Waals surface area contributed by atoms with Gasteiger partial charge in [-0.1, -0.05) is 11.6 Å². The third-order valence-corrected chi connectivity index (χ3v) is 2.60. The molecule has 0 saturated heterocycles. The van der Waals surface area contributed by atoms with E-state index in [9.17, 15) is 0 Å². The minimum Gasteiger partial charge on any atom is -0.368 e. The largest absolute Gasteiger partial charge is 0.368 e. The number of aromatic nitrogens is 4. The Morgan fingerprint density at radius 1 is 1.53 bits per heavy atom. The molecule has 0 bridgehead atoms. The SMILES string of the molecule is Cc1nn(C)cc1CNc1nc(N)ncc1Cl. The molecule has 7 heteroatoms. The Morgan fingerprint density at radius 2 is 2.29 bits per heavy atom. The second-order valence-corrected chi connectivity index (χ2v) is 4.10. The number of halogens is 1. The molecule has 2 aromatic rings. The van der Waals surface area contributed by atoms with Gasteiger partial charge in [0.1, 0.15) is 5.02 Å². The molecule has 2 aromatic heterocycles. The average molecular weight is 253 g/mol. The van der Waals surface area contributed by atoms with Gasteiger partial charge in [0, 0.05) is 25.4 Å². The van der Waals surface area contributed by atoms with Gasteiger partial charge in [0.05, 0.1) is 11.9 Å². The van der Waals surface area contributed by atoms with Gasteiger partial charge in [-0.15, -0.1) is 0 Å². The topological polar surface area (TPSA) is 81.7 Å². The van der Waals surface area contributed by atoms with E-state index in [1.54, 1.807) is 4.68 Å². The van der Waals surface area contributed by atoms with Crippen molar-refractivity contribution in [3.63, 3.8) is 0 Å². The normalized spacial score (nSPS) is 10.5.